The summed E-state index contributed by atoms with van der Waals surface area (Å²) in [6, 6.07) is 14.0. The Morgan fingerprint density at radius 1 is 1.16 bits per heavy atom. The van der Waals surface area contributed by atoms with Gasteiger partial charge in [0.1, 0.15) is 11.4 Å². The van der Waals surface area contributed by atoms with Gasteiger partial charge in [0.25, 0.3) is 0 Å². The highest BCUT2D eigenvalue weighted by Gasteiger charge is 2.11. The van der Waals surface area contributed by atoms with E-state index in [0.29, 0.717) is 6.61 Å². The van der Waals surface area contributed by atoms with Crippen LogP contribution in [0.5, 0.6) is 5.75 Å². The zero-order valence-corrected chi connectivity index (χ0v) is 12.1. The fourth-order valence-corrected chi connectivity index (χ4v) is 2.65. The van der Waals surface area contributed by atoms with Gasteiger partial charge in [-0.15, -0.1) is 0 Å². The van der Waals surface area contributed by atoms with Crippen LogP contribution >= 0.6 is 15.9 Å². The van der Waals surface area contributed by atoms with Crippen molar-refractivity contribution in [3.05, 3.63) is 53.1 Å². The first-order chi connectivity index (χ1) is 9.29. The number of fused-ring (bicyclic) bond motifs is 1. The van der Waals surface area contributed by atoms with E-state index in [1.54, 1.807) is 0 Å². The Balaban J connectivity index is 2.06. The van der Waals surface area contributed by atoms with Crippen LogP contribution in [0.25, 0.3) is 16.8 Å². The van der Waals surface area contributed by atoms with Crippen LogP contribution < -0.4 is 4.74 Å². The van der Waals surface area contributed by atoms with Gasteiger partial charge < -0.3 is 4.74 Å². The van der Waals surface area contributed by atoms with Gasteiger partial charge in [-0.3, -0.25) is 0 Å². The number of aromatic nitrogens is 2. The van der Waals surface area contributed by atoms with E-state index in [0.717, 1.165) is 27.0 Å². The second-order valence-electron chi connectivity index (χ2n) is 4.15. The molecule has 3 rings (SSSR count). The van der Waals surface area contributed by atoms with Crippen LogP contribution in [-0.2, 0) is 0 Å². The Morgan fingerprint density at radius 3 is 2.63 bits per heavy atom. The molecule has 2 heterocycles. The maximum absolute atomic E-state index is 5.45. The standard InChI is InChI=1S/C15H13BrN2O/c1-2-19-12-8-6-11(7-9-12)15-14(16)13-5-3-4-10-18(13)17-15/h3-10H,2H2,1H3. The highest BCUT2D eigenvalue weighted by Crippen LogP contribution is 2.31. The van der Waals surface area contributed by atoms with Crippen LogP contribution in [0, 0.1) is 0 Å². The summed E-state index contributed by atoms with van der Waals surface area (Å²) >= 11 is 3.62. The number of hydrogen-bond donors (Lipinski definition) is 0. The number of rotatable bonds is 3. The zero-order chi connectivity index (χ0) is 13.2. The molecule has 0 radical (unpaired) electrons. The molecule has 0 amide bonds. The van der Waals surface area contributed by atoms with Gasteiger partial charge in [0.05, 0.1) is 16.6 Å². The van der Waals surface area contributed by atoms with Gasteiger partial charge in [-0.05, 0) is 59.3 Å². The maximum atomic E-state index is 5.45. The molecule has 0 saturated carbocycles. The second-order valence-corrected chi connectivity index (χ2v) is 4.94. The largest absolute Gasteiger partial charge is 0.494 e. The number of nitrogens with zero attached hydrogens (tertiary/aromatic N) is 2. The molecule has 0 unspecified atom stereocenters. The van der Waals surface area contributed by atoms with Gasteiger partial charge in [0.2, 0.25) is 0 Å². The Morgan fingerprint density at radius 2 is 1.95 bits per heavy atom. The van der Waals surface area contributed by atoms with Crippen molar-refractivity contribution in [1.29, 1.82) is 0 Å². The molecular formula is C15H13BrN2O. The van der Waals surface area contributed by atoms with Crippen molar-refractivity contribution in [2.75, 3.05) is 6.61 Å². The minimum Gasteiger partial charge on any atom is -0.494 e. The van der Waals surface area contributed by atoms with Crippen molar-refractivity contribution in [1.82, 2.24) is 9.61 Å². The van der Waals surface area contributed by atoms with Gasteiger partial charge in [0.15, 0.2) is 0 Å². The van der Waals surface area contributed by atoms with Gasteiger partial charge >= 0.3 is 0 Å². The Bertz CT molecular complexity index is 704. The van der Waals surface area contributed by atoms with Crippen LogP contribution in [-0.4, -0.2) is 16.2 Å². The fraction of sp³-hybridized carbons (Fsp3) is 0.133. The van der Waals surface area contributed by atoms with Crippen molar-refractivity contribution in [3.8, 4) is 17.0 Å². The van der Waals surface area contributed by atoms with E-state index in [-0.39, 0.29) is 0 Å². The van der Waals surface area contributed by atoms with E-state index in [2.05, 4.69) is 21.0 Å². The van der Waals surface area contributed by atoms with Gasteiger partial charge in [-0.2, -0.15) is 5.10 Å². The van der Waals surface area contributed by atoms with Crippen molar-refractivity contribution in [3.63, 3.8) is 0 Å². The van der Waals surface area contributed by atoms with E-state index >= 15 is 0 Å². The lowest BCUT2D eigenvalue weighted by Gasteiger charge is -2.03. The van der Waals surface area contributed by atoms with Gasteiger partial charge in [-0.25, -0.2) is 4.52 Å². The molecule has 0 aliphatic rings. The monoisotopic (exact) mass is 316 g/mol. The third kappa shape index (κ3) is 2.24. The molecule has 0 aliphatic heterocycles. The summed E-state index contributed by atoms with van der Waals surface area (Å²) < 4.78 is 8.33. The number of benzene rings is 1. The van der Waals surface area contributed by atoms with Crippen molar-refractivity contribution >= 4 is 21.4 Å². The highest BCUT2D eigenvalue weighted by molar-refractivity contribution is 9.10. The van der Waals surface area contributed by atoms with E-state index < -0.39 is 0 Å². The smallest absolute Gasteiger partial charge is 0.119 e. The summed E-state index contributed by atoms with van der Waals surface area (Å²) in [5.41, 5.74) is 3.07. The third-order valence-electron chi connectivity index (χ3n) is 2.92. The fourth-order valence-electron chi connectivity index (χ4n) is 2.03. The molecule has 0 atom stereocenters. The normalized spacial score (nSPS) is 10.8. The average molecular weight is 317 g/mol. The van der Waals surface area contributed by atoms with Gasteiger partial charge in [-0.1, -0.05) is 6.07 Å². The first-order valence-corrected chi connectivity index (χ1v) is 6.95. The number of pyridine rings is 1. The van der Waals surface area contributed by atoms with Crippen molar-refractivity contribution in [2.45, 2.75) is 6.92 Å². The molecule has 0 fully saturated rings. The summed E-state index contributed by atoms with van der Waals surface area (Å²) in [5.74, 6) is 0.881. The molecule has 3 nitrogen and oxygen atoms in total. The molecule has 96 valence electrons. The first kappa shape index (κ1) is 12.2. The lowest BCUT2D eigenvalue weighted by Crippen LogP contribution is -1.90. The number of halogens is 1. The maximum Gasteiger partial charge on any atom is 0.119 e. The predicted octanol–water partition coefficient (Wildman–Crippen LogP) is 4.16. The number of hydrogen-bond acceptors (Lipinski definition) is 2. The summed E-state index contributed by atoms with van der Waals surface area (Å²) in [6.07, 6.45) is 1.94. The minimum atomic E-state index is 0.678. The third-order valence-corrected chi connectivity index (χ3v) is 3.70. The second kappa shape index (κ2) is 5.05. The van der Waals surface area contributed by atoms with Gasteiger partial charge in [0, 0.05) is 11.8 Å². The van der Waals surface area contributed by atoms with Crippen LogP contribution in [0.4, 0.5) is 0 Å². The van der Waals surface area contributed by atoms with Crippen molar-refractivity contribution in [2.24, 2.45) is 0 Å². The zero-order valence-electron chi connectivity index (χ0n) is 10.5. The Labute approximate surface area is 120 Å². The molecular weight excluding hydrogens is 304 g/mol. The SMILES string of the molecule is CCOc1ccc(-c2nn3ccccc3c2Br)cc1. The molecule has 3 aromatic rings. The lowest BCUT2D eigenvalue weighted by atomic mass is 10.1. The highest BCUT2D eigenvalue weighted by atomic mass is 79.9. The van der Waals surface area contributed by atoms with Crippen LogP contribution in [0.3, 0.4) is 0 Å². The molecule has 0 saturated heterocycles. The Hall–Kier alpha value is -1.81. The van der Waals surface area contributed by atoms with E-state index in [4.69, 9.17) is 4.74 Å². The molecule has 1 aromatic carbocycles. The summed E-state index contributed by atoms with van der Waals surface area (Å²) in [4.78, 5) is 0. The van der Waals surface area contributed by atoms with E-state index in [1.807, 2.05) is 60.1 Å². The molecule has 0 N–H and O–H groups in total. The predicted molar refractivity (Wildman–Crippen MR) is 79.5 cm³/mol. The first-order valence-electron chi connectivity index (χ1n) is 6.15. The Kier molecular flexibility index (Phi) is 3.25. The summed E-state index contributed by atoms with van der Waals surface area (Å²) in [6.45, 7) is 2.66. The van der Waals surface area contributed by atoms with Crippen LogP contribution in [0.15, 0.2) is 53.1 Å². The van der Waals surface area contributed by atoms with E-state index in [1.165, 1.54) is 0 Å². The average Bonchev–Trinajstić information content (AvgIpc) is 2.78. The molecule has 2 aromatic heterocycles. The number of ether oxygens (including phenoxy) is 1. The van der Waals surface area contributed by atoms with Crippen molar-refractivity contribution < 1.29 is 4.74 Å². The van der Waals surface area contributed by atoms with Crippen LogP contribution in [0.2, 0.25) is 0 Å². The van der Waals surface area contributed by atoms with E-state index in [9.17, 15) is 0 Å². The molecule has 0 aliphatic carbocycles. The quantitative estimate of drug-likeness (QED) is 0.725. The summed E-state index contributed by atoms with van der Waals surface area (Å²) in [7, 11) is 0. The lowest BCUT2D eigenvalue weighted by molar-refractivity contribution is 0.340. The minimum absolute atomic E-state index is 0.678. The molecule has 4 heteroatoms. The molecule has 19 heavy (non-hydrogen) atoms. The topological polar surface area (TPSA) is 26.5 Å². The molecule has 0 spiro atoms. The summed E-state index contributed by atoms with van der Waals surface area (Å²) in [5, 5.41) is 4.59. The molecule has 0 bridgehead atoms. The van der Waals surface area contributed by atoms with Crippen LogP contribution in [0.1, 0.15) is 6.92 Å².